The fourth-order valence-corrected chi connectivity index (χ4v) is 0.627. The van der Waals surface area contributed by atoms with E-state index in [2.05, 4.69) is 5.10 Å². The monoisotopic (exact) mass is 172 g/mol. The third kappa shape index (κ3) is 2.49. The van der Waals surface area contributed by atoms with Crippen LogP contribution in [-0.2, 0) is 4.79 Å². The molecule has 1 rings (SSSR count). The third-order valence-electron chi connectivity index (χ3n) is 1.13. The summed E-state index contributed by atoms with van der Waals surface area (Å²) in [5, 5.41) is 20.3. The summed E-state index contributed by atoms with van der Waals surface area (Å²) in [6.07, 6.45) is 2.46. The molecule has 0 unspecified atom stereocenters. The van der Waals surface area contributed by atoms with E-state index < -0.39 is 5.97 Å². The van der Waals surface area contributed by atoms with Crippen molar-refractivity contribution in [3.8, 4) is 5.75 Å². The van der Waals surface area contributed by atoms with Gasteiger partial charge in [0.15, 0.2) is 5.75 Å². The highest BCUT2D eigenvalue weighted by molar-refractivity contribution is 5.66. The molecule has 0 aliphatic heterocycles. The van der Waals surface area contributed by atoms with Crippen LogP contribution in [0.25, 0.3) is 0 Å². The first-order valence-electron chi connectivity index (χ1n) is 3.27. The van der Waals surface area contributed by atoms with Crippen LogP contribution >= 0.6 is 0 Å². The summed E-state index contributed by atoms with van der Waals surface area (Å²) in [6, 6.07) is 0. The molecule has 0 atom stereocenters. The molecular formula is C6H8N2O4. The van der Waals surface area contributed by atoms with Gasteiger partial charge in [-0.3, -0.25) is 4.79 Å². The highest BCUT2D eigenvalue weighted by atomic mass is 16.5. The number of carboxylic acids is 1. The van der Waals surface area contributed by atoms with Crippen molar-refractivity contribution < 1.29 is 19.8 Å². The number of carbonyl (C=O) groups is 1. The Balaban J connectivity index is 2.29. The second-order valence-corrected chi connectivity index (χ2v) is 2.09. The summed E-state index contributed by atoms with van der Waals surface area (Å²) < 4.78 is 4.91. The number of hydrogen-bond donors (Lipinski definition) is 2. The van der Waals surface area contributed by atoms with E-state index in [1.165, 1.54) is 12.4 Å². The van der Waals surface area contributed by atoms with Crippen LogP contribution in [0.15, 0.2) is 12.4 Å². The summed E-state index contributed by atoms with van der Waals surface area (Å²) in [5.74, 6) is -0.579. The van der Waals surface area contributed by atoms with Gasteiger partial charge in [-0.2, -0.15) is 0 Å². The quantitative estimate of drug-likeness (QED) is 0.623. The maximum absolute atomic E-state index is 10.0. The van der Waals surface area contributed by atoms with Crippen molar-refractivity contribution >= 4 is 5.97 Å². The lowest BCUT2D eigenvalue weighted by Crippen LogP contribution is -2.04. The Hall–Kier alpha value is -1.72. The van der Waals surface area contributed by atoms with Gasteiger partial charge in [0, 0.05) is 0 Å². The largest absolute Gasteiger partial charge is 0.490 e. The van der Waals surface area contributed by atoms with Crippen molar-refractivity contribution in [1.29, 1.82) is 0 Å². The lowest BCUT2D eigenvalue weighted by atomic mass is 10.5. The maximum Gasteiger partial charge on any atom is 0.306 e. The maximum atomic E-state index is 10.0. The molecule has 66 valence electrons. The first-order valence-corrected chi connectivity index (χ1v) is 3.27. The molecule has 6 heteroatoms. The van der Waals surface area contributed by atoms with E-state index in [-0.39, 0.29) is 13.0 Å². The van der Waals surface area contributed by atoms with Crippen LogP contribution in [0, 0.1) is 0 Å². The summed E-state index contributed by atoms with van der Waals surface area (Å²) in [4.78, 5) is 10.6. The molecule has 0 aliphatic carbocycles. The lowest BCUT2D eigenvalue weighted by molar-refractivity contribution is -0.137. The number of aromatic nitrogens is 2. The second-order valence-electron chi connectivity index (χ2n) is 2.09. The van der Waals surface area contributed by atoms with Gasteiger partial charge in [0.25, 0.3) is 0 Å². The van der Waals surface area contributed by atoms with Crippen LogP contribution in [0.1, 0.15) is 6.42 Å². The van der Waals surface area contributed by atoms with Gasteiger partial charge in [-0.05, 0) is 0 Å². The van der Waals surface area contributed by atoms with Crippen molar-refractivity contribution in [2.75, 3.05) is 6.61 Å². The molecule has 0 fully saturated rings. The Morgan fingerprint density at radius 1 is 1.75 bits per heavy atom. The molecule has 0 spiro atoms. The molecule has 6 nitrogen and oxygen atoms in total. The smallest absolute Gasteiger partial charge is 0.306 e. The van der Waals surface area contributed by atoms with Crippen LogP contribution in [-0.4, -0.2) is 32.8 Å². The normalized spacial score (nSPS) is 9.67. The zero-order valence-corrected chi connectivity index (χ0v) is 6.17. The Kier molecular flexibility index (Phi) is 2.52. The van der Waals surface area contributed by atoms with Gasteiger partial charge in [0.1, 0.15) is 6.20 Å². The predicted molar refractivity (Wildman–Crippen MR) is 37.2 cm³/mol. The van der Waals surface area contributed by atoms with Crippen LogP contribution in [0.2, 0.25) is 0 Å². The molecular weight excluding hydrogens is 164 g/mol. The highest BCUT2D eigenvalue weighted by Gasteiger charge is 2.00. The molecule has 2 N–H and O–H groups in total. The minimum Gasteiger partial charge on any atom is -0.490 e. The van der Waals surface area contributed by atoms with E-state index in [0.717, 1.165) is 0 Å². The summed E-state index contributed by atoms with van der Waals surface area (Å²) in [6.45, 7) is 0.0705. The zero-order chi connectivity index (χ0) is 8.97. The standard InChI is InChI=1S/C6H8N2O4/c9-6(10)1-2-12-5-3-7-8(11)4-5/h3-4,11H,1-2H2,(H,9,10). The van der Waals surface area contributed by atoms with Gasteiger partial charge < -0.3 is 15.1 Å². The van der Waals surface area contributed by atoms with Crippen molar-refractivity contribution in [1.82, 2.24) is 9.94 Å². The molecule has 12 heavy (non-hydrogen) atoms. The molecule has 1 heterocycles. The number of carboxylic acid groups (broad SMARTS) is 1. The molecule has 0 radical (unpaired) electrons. The number of rotatable bonds is 4. The molecule has 0 amide bonds. The van der Waals surface area contributed by atoms with Gasteiger partial charge in [0.05, 0.1) is 19.2 Å². The van der Waals surface area contributed by atoms with E-state index in [9.17, 15) is 4.79 Å². The van der Waals surface area contributed by atoms with Crippen molar-refractivity contribution in [2.45, 2.75) is 6.42 Å². The minimum absolute atomic E-state index is 0.0705. The van der Waals surface area contributed by atoms with Gasteiger partial charge in [0.2, 0.25) is 0 Å². The topological polar surface area (TPSA) is 84.6 Å². The number of aliphatic carboxylic acids is 1. The van der Waals surface area contributed by atoms with Gasteiger partial charge >= 0.3 is 5.97 Å². The van der Waals surface area contributed by atoms with Gasteiger partial charge in [-0.25, -0.2) is 0 Å². The van der Waals surface area contributed by atoms with Crippen molar-refractivity contribution in [3.63, 3.8) is 0 Å². The molecule has 0 bridgehead atoms. The number of hydrogen-bond acceptors (Lipinski definition) is 4. The summed E-state index contributed by atoms with van der Waals surface area (Å²) >= 11 is 0. The predicted octanol–water partition coefficient (Wildman–Crippen LogP) is -0.0261. The van der Waals surface area contributed by atoms with E-state index in [0.29, 0.717) is 10.6 Å². The van der Waals surface area contributed by atoms with Gasteiger partial charge in [-0.1, -0.05) is 0 Å². The SMILES string of the molecule is O=C(O)CCOc1cnn(O)c1. The highest BCUT2D eigenvalue weighted by Crippen LogP contribution is 2.06. The van der Waals surface area contributed by atoms with Crippen LogP contribution in [0.5, 0.6) is 5.75 Å². The first-order chi connectivity index (χ1) is 5.68. The second kappa shape index (κ2) is 3.61. The fraction of sp³-hybridized carbons (Fsp3) is 0.333. The summed E-state index contributed by atoms with van der Waals surface area (Å²) in [5.41, 5.74) is 0. The first kappa shape index (κ1) is 8.38. The third-order valence-corrected chi connectivity index (χ3v) is 1.13. The van der Waals surface area contributed by atoms with E-state index >= 15 is 0 Å². The van der Waals surface area contributed by atoms with Crippen LogP contribution in [0.3, 0.4) is 0 Å². The van der Waals surface area contributed by atoms with Crippen molar-refractivity contribution in [3.05, 3.63) is 12.4 Å². The molecule has 1 aromatic rings. The zero-order valence-electron chi connectivity index (χ0n) is 6.17. The molecule has 0 aliphatic rings. The van der Waals surface area contributed by atoms with Crippen molar-refractivity contribution in [2.24, 2.45) is 0 Å². The van der Waals surface area contributed by atoms with E-state index in [1.54, 1.807) is 0 Å². The lowest BCUT2D eigenvalue weighted by Gasteiger charge is -1.98. The van der Waals surface area contributed by atoms with Crippen LogP contribution in [0.4, 0.5) is 0 Å². The Morgan fingerprint density at radius 3 is 3.00 bits per heavy atom. The summed E-state index contributed by atoms with van der Waals surface area (Å²) in [7, 11) is 0. The van der Waals surface area contributed by atoms with Gasteiger partial charge in [-0.15, -0.1) is 9.94 Å². The van der Waals surface area contributed by atoms with E-state index in [1.807, 2.05) is 0 Å². The van der Waals surface area contributed by atoms with Crippen LogP contribution < -0.4 is 4.74 Å². The molecule has 0 aromatic carbocycles. The number of nitrogens with zero attached hydrogens (tertiary/aromatic N) is 2. The molecule has 0 saturated carbocycles. The Bertz CT molecular complexity index is 270. The number of ether oxygens (including phenoxy) is 1. The fourth-order valence-electron chi connectivity index (χ4n) is 0.627. The molecule has 1 aromatic heterocycles. The minimum atomic E-state index is -0.925. The Morgan fingerprint density at radius 2 is 2.50 bits per heavy atom. The average Bonchev–Trinajstić information content (AvgIpc) is 2.35. The average molecular weight is 172 g/mol. The Labute approximate surface area is 68.0 Å². The molecule has 0 saturated heterocycles. The van der Waals surface area contributed by atoms with E-state index in [4.69, 9.17) is 15.1 Å².